The fraction of sp³-hybridized carbons (Fsp3) is 0.176. The molecule has 0 aliphatic heterocycles. The molecule has 0 atom stereocenters. The Morgan fingerprint density at radius 2 is 1.36 bits per heavy atom. The summed E-state index contributed by atoms with van der Waals surface area (Å²) in [5, 5.41) is 10.0. The van der Waals surface area contributed by atoms with Gasteiger partial charge in [-0.15, -0.1) is 0 Å². The molecular weight excluding hydrogens is 342 g/mol. The van der Waals surface area contributed by atoms with E-state index in [2.05, 4.69) is 10.6 Å². The molecule has 25 heavy (non-hydrogen) atoms. The largest absolute Gasteiger partial charge is 0.318 e. The third kappa shape index (κ3) is 4.65. The molecular formula is C17H19N3O4S. The van der Waals surface area contributed by atoms with Crippen molar-refractivity contribution in [2.45, 2.75) is 25.7 Å². The molecule has 0 bridgehead atoms. The number of nitrogens with one attached hydrogen (secondary N) is 2. The van der Waals surface area contributed by atoms with Crippen LogP contribution < -0.4 is 15.8 Å². The monoisotopic (exact) mass is 361 g/mol. The number of benzene rings is 2. The van der Waals surface area contributed by atoms with Gasteiger partial charge in [0.1, 0.15) is 0 Å². The van der Waals surface area contributed by atoms with Gasteiger partial charge < -0.3 is 10.6 Å². The summed E-state index contributed by atoms with van der Waals surface area (Å²) in [5.41, 5.74) is 3.65. The van der Waals surface area contributed by atoms with Crippen molar-refractivity contribution < 1.29 is 18.0 Å². The number of sulfonamides is 1. The first-order valence-corrected chi connectivity index (χ1v) is 8.95. The van der Waals surface area contributed by atoms with Crippen LogP contribution in [0.3, 0.4) is 0 Å². The Hall–Kier alpha value is -2.71. The lowest BCUT2D eigenvalue weighted by molar-refractivity contribution is -0.133. The molecule has 0 heterocycles. The van der Waals surface area contributed by atoms with Crippen molar-refractivity contribution in [2.75, 3.05) is 10.6 Å². The predicted octanol–water partition coefficient (Wildman–Crippen LogP) is 1.84. The highest BCUT2D eigenvalue weighted by atomic mass is 32.2. The first-order valence-electron chi connectivity index (χ1n) is 7.41. The molecule has 132 valence electrons. The Bertz CT molecular complexity index is 912. The Morgan fingerprint density at radius 1 is 0.880 bits per heavy atom. The summed E-state index contributed by atoms with van der Waals surface area (Å²) in [6.07, 6.45) is 0. The Kier molecular flexibility index (Phi) is 5.24. The van der Waals surface area contributed by atoms with E-state index in [9.17, 15) is 18.0 Å². The molecule has 4 N–H and O–H groups in total. The van der Waals surface area contributed by atoms with E-state index in [1.807, 2.05) is 32.9 Å². The van der Waals surface area contributed by atoms with Crippen LogP contribution in [0, 0.1) is 20.8 Å². The fourth-order valence-corrected chi connectivity index (χ4v) is 2.98. The number of carbonyl (C=O) groups is 2. The average molecular weight is 361 g/mol. The maximum atomic E-state index is 12.1. The molecule has 2 aromatic rings. The first-order chi connectivity index (χ1) is 11.6. The lowest BCUT2D eigenvalue weighted by Crippen LogP contribution is -2.29. The van der Waals surface area contributed by atoms with E-state index < -0.39 is 21.8 Å². The normalized spacial score (nSPS) is 11.0. The highest BCUT2D eigenvalue weighted by Gasteiger charge is 2.17. The van der Waals surface area contributed by atoms with E-state index in [1.165, 1.54) is 24.3 Å². The second kappa shape index (κ2) is 7.04. The zero-order valence-corrected chi connectivity index (χ0v) is 14.9. The second-order valence-electron chi connectivity index (χ2n) is 5.75. The van der Waals surface area contributed by atoms with Crippen molar-refractivity contribution in [3.63, 3.8) is 0 Å². The summed E-state index contributed by atoms with van der Waals surface area (Å²) in [5.74, 6) is -1.67. The topological polar surface area (TPSA) is 118 Å². The summed E-state index contributed by atoms with van der Waals surface area (Å²) >= 11 is 0. The van der Waals surface area contributed by atoms with Gasteiger partial charge >= 0.3 is 11.8 Å². The summed E-state index contributed by atoms with van der Waals surface area (Å²) in [6.45, 7) is 5.64. The van der Waals surface area contributed by atoms with E-state index in [0.29, 0.717) is 5.69 Å². The van der Waals surface area contributed by atoms with E-state index in [4.69, 9.17) is 5.14 Å². The highest BCUT2D eigenvalue weighted by molar-refractivity contribution is 7.89. The van der Waals surface area contributed by atoms with Crippen LogP contribution in [0.5, 0.6) is 0 Å². The Labute approximate surface area is 146 Å². The number of carbonyl (C=O) groups excluding carboxylic acids is 2. The molecule has 0 aliphatic rings. The first kappa shape index (κ1) is 18.6. The quantitative estimate of drug-likeness (QED) is 0.723. The predicted molar refractivity (Wildman–Crippen MR) is 95.7 cm³/mol. The van der Waals surface area contributed by atoms with Crippen molar-refractivity contribution in [3.8, 4) is 0 Å². The molecule has 0 aromatic heterocycles. The molecule has 2 rings (SSSR count). The molecule has 0 unspecified atom stereocenters. The zero-order chi connectivity index (χ0) is 18.8. The summed E-state index contributed by atoms with van der Waals surface area (Å²) in [7, 11) is -3.81. The third-order valence-corrected chi connectivity index (χ3v) is 4.49. The summed E-state index contributed by atoms with van der Waals surface area (Å²) in [6, 6.07) is 9.02. The number of rotatable bonds is 3. The van der Waals surface area contributed by atoms with Crippen LogP contribution in [-0.2, 0) is 19.6 Å². The lowest BCUT2D eigenvalue weighted by atomic mass is 10.1. The average Bonchev–Trinajstić information content (AvgIpc) is 2.50. The van der Waals surface area contributed by atoms with E-state index in [-0.39, 0.29) is 10.6 Å². The van der Waals surface area contributed by atoms with Gasteiger partial charge in [0.25, 0.3) is 0 Å². The maximum absolute atomic E-state index is 12.1. The van der Waals surface area contributed by atoms with Gasteiger partial charge in [0.05, 0.1) is 4.90 Å². The minimum atomic E-state index is -3.81. The van der Waals surface area contributed by atoms with Crippen LogP contribution in [0.25, 0.3) is 0 Å². The lowest BCUT2D eigenvalue weighted by Gasteiger charge is -2.12. The van der Waals surface area contributed by atoms with Crippen LogP contribution in [0.4, 0.5) is 11.4 Å². The smallest absolute Gasteiger partial charge is 0.314 e. The fourth-order valence-electron chi connectivity index (χ4n) is 2.46. The number of aryl methyl sites for hydroxylation is 3. The second-order valence-corrected chi connectivity index (χ2v) is 7.31. The van der Waals surface area contributed by atoms with Gasteiger partial charge in [-0.2, -0.15) is 0 Å². The molecule has 8 heteroatoms. The Balaban J connectivity index is 2.10. The molecule has 0 aliphatic carbocycles. The van der Waals surface area contributed by atoms with Crippen molar-refractivity contribution in [2.24, 2.45) is 5.14 Å². The van der Waals surface area contributed by atoms with Crippen molar-refractivity contribution in [3.05, 3.63) is 53.1 Å². The van der Waals surface area contributed by atoms with Gasteiger partial charge in [-0.05, 0) is 56.2 Å². The van der Waals surface area contributed by atoms with Gasteiger partial charge in [-0.1, -0.05) is 17.7 Å². The number of nitrogens with two attached hydrogens (primary N) is 1. The van der Waals surface area contributed by atoms with Crippen LogP contribution >= 0.6 is 0 Å². The summed E-state index contributed by atoms with van der Waals surface area (Å²) in [4.78, 5) is 24.0. The van der Waals surface area contributed by atoms with E-state index >= 15 is 0 Å². The number of primary sulfonamides is 1. The SMILES string of the molecule is Cc1cc(C)c(NC(=O)C(=O)Nc2ccc(S(N)(=O)=O)cc2)c(C)c1. The van der Waals surface area contributed by atoms with Gasteiger partial charge in [0, 0.05) is 11.4 Å². The van der Waals surface area contributed by atoms with Crippen molar-refractivity contribution in [1.29, 1.82) is 0 Å². The van der Waals surface area contributed by atoms with Crippen molar-refractivity contribution >= 4 is 33.2 Å². The molecule has 7 nitrogen and oxygen atoms in total. The zero-order valence-electron chi connectivity index (χ0n) is 14.1. The Morgan fingerprint density at radius 3 is 1.84 bits per heavy atom. The molecule has 2 amide bonds. The molecule has 0 spiro atoms. The van der Waals surface area contributed by atoms with Gasteiger partial charge in [0.15, 0.2) is 0 Å². The van der Waals surface area contributed by atoms with Gasteiger partial charge in [-0.3, -0.25) is 9.59 Å². The van der Waals surface area contributed by atoms with Crippen LogP contribution in [-0.4, -0.2) is 20.2 Å². The van der Waals surface area contributed by atoms with Gasteiger partial charge in [0.2, 0.25) is 10.0 Å². The summed E-state index contributed by atoms with van der Waals surface area (Å²) < 4.78 is 22.4. The number of amides is 2. The highest BCUT2D eigenvalue weighted by Crippen LogP contribution is 2.22. The van der Waals surface area contributed by atoms with E-state index in [0.717, 1.165) is 16.7 Å². The molecule has 2 aromatic carbocycles. The van der Waals surface area contributed by atoms with E-state index in [1.54, 1.807) is 0 Å². The molecule has 0 saturated heterocycles. The minimum Gasteiger partial charge on any atom is -0.318 e. The minimum absolute atomic E-state index is 0.0825. The van der Waals surface area contributed by atoms with Crippen LogP contribution in [0.2, 0.25) is 0 Å². The third-order valence-electron chi connectivity index (χ3n) is 3.56. The standard InChI is InChI=1S/C17H19N3O4S/c1-10-8-11(2)15(12(3)9-10)20-17(22)16(21)19-13-4-6-14(7-5-13)25(18,23)24/h4-9H,1-3H3,(H,19,21)(H,20,22)(H2,18,23,24). The van der Waals surface area contributed by atoms with Crippen LogP contribution in [0.15, 0.2) is 41.3 Å². The molecule has 0 fully saturated rings. The number of hydrogen-bond acceptors (Lipinski definition) is 4. The maximum Gasteiger partial charge on any atom is 0.314 e. The van der Waals surface area contributed by atoms with Gasteiger partial charge in [-0.25, -0.2) is 13.6 Å². The van der Waals surface area contributed by atoms with Crippen LogP contribution in [0.1, 0.15) is 16.7 Å². The number of hydrogen-bond donors (Lipinski definition) is 3. The molecule has 0 radical (unpaired) electrons. The molecule has 0 saturated carbocycles. The van der Waals surface area contributed by atoms with Crippen molar-refractivity contribution in [1.82, 2.24) is 0 Å². The number of anilines is 2.